The zero-order chi connectivity index (χ0) is 20.9. The SMILES string of the molecule is COc1ccc(N2CCN(C(=O)O)[C@@H](Cc3ccccc3)C2)cc1OC1CCCC1. The van der Waals surface area contributed by atoms with Gasteiger partial charge in [-0.25, -0.2) is 4.79 Å². The van der Waals surface area contributed by atoms with Gasteiger partial charge >= 0.3 is 6.09 Å². The molecule has 2 aliphatic rings. The van der Waals surface area contributed by atoms with E-state index < -0.39 is 6.09 Å². The number of carbonyl (C=O) groups is 1. The van der Waals surface area contributed by atoms with Crippen molar-refractivity contribution < 1.29 is 19.4 Å². The van der Waals surface area contributed by atoms with Gasteiger partial charge in [0.25, 0.3) is 0 Å². The lowest BCUT2D eigenvalue weighted by Gasteiger charge is -2.41. The van der Waals surface area contributed by atoms with Crippen LogP contribution in [0.1, 0.15) is 31.2 Å². The lowest BCUT2D eigenvalue weighted by atomic mass is 10.0. The minimum Gasteiger partial charge on any atom is -0.493 e. The number of carboxylic acid groups (broad SMARTS) is 1. The predicted octanol–water partition coefficient (Wildman–Crippen LogP) is 4.43. The summed E-state index contributed by atoms with van der Waals surface area (Å²) in [5, 5.41) is 9.69. The van der Waals surface area contributed by atoms with Crippen LogP contribution in [0.3, 0.4) is 0 Å². The van der Waals surface area contributed by atoms with Crippen molar-refractivity contribution in [2.75, 3.05) is 31.6 Å². The topological polar surface area (TPSA) is 62.2 Å². The molecule has 0 radical (unpaired) electrons. The highest BCUT2D eigenvalue weighted by atomic mass is 16.5. The Labute approximate surface area is 178 Å². The molecule has 30 heavy (non-hydrogen) atoms. The van der Waals surface area contributed by atoms with Crippen LogP contribution >= 0.6 is 0 Å². The highest BCUT2D eigenvalue weighted by molar-refractivity contribution is 5.66. The molecule has 1 N–H and O–H groups in total. The van der Waals surface area contributed by atoms with E-state index in [1.54, 1.807) is 12.0 Å². The van der Waals surface area contributed by atoms with Crippen LogP contribution in [0, 0.1) is 0 Å². The molecule has 6 heteroatoms. The van der Waals surface area contributed by atoms with E-state index in [1.165, 1.54) is 12.8 Å². The molecule has 1 heterocycles. The van der Waals surface area contributed by atoms with E-state index in [0.717, 1.165) is 35.6 Å². The molecule has 1 aliphatic heterocycles. The van der Waals surface area contributed by atoms with Crippen molar-refractivity contribution in [1.82, 2.24) is 4.90 Å². The van der Waals surface area contributed by atoms with Gasteiger partial charge in [0.2, 0.25) is 0 Å². The molecule has 2 aromatic rings. The molecule has 0 aromatic heterocycles. The van der Waals surface area contributed by atoms with Crippen LogP contribution < -0.4 is 14.4 Å². The number of ether oxygens (including phenoxy) is 2. The second kappa shape index (κ2) is 9.28. The monoisotopic (exact) mass is 410 g/mol. The summed E-state index contributed by atoms with van der Waals surface area (Å²) < 4.78 is 11.8. The fourth-order valence-corrected chi connectivity index (χ4v) is 4.54. The molecule has 1 amide bonds. The first-order chi connectivity index (χ1) is 14.6. The van der Waals surface area contributed by atoms with Gasteiger partial charge in [-0.3, -0.25) is 0 Å². The summed E-state index contributed by atoms with van der Waals surface area (Å²) in [7, 11) is 1.66. The summed E-state index contributed by atoms with van der Waals surface area (Å²) in [6.45, 7) is 1.79. The lowest BCUT2D eigenvalue weighted by Crippen LogP contribution is -2.55. The zero-order valence-corrected chi connectivity index (χ0v) is 17.5. The van der Waals surface area contributed by atoms with E-state index in [0.29, 0.717) is 26.1 Å². The van der Waals surface area contributed by atoms with Crippen molar-refractivity contribution >= 4 is 11.8 Å². The number of methoxy groups -OCH3 is 1. The Morgan fingerprint density at radius 1 is 1.07 bits per heavy atom. The Balaban J connectivity index is 1.53. The van der Waals surface area contributed by atoms with Gasteiger partial charge in [0.15, 0.2) is 11.5 Å². The van der Waals surface area contributed by atoms with Crippen molar-refractivity contribution in [1.29, 1.82) is 0 Å². The van der Waals surface area contributed by atoms with E-state index >= 15 is 0 Å². The smallest absolute Gasteiger partial charge is 0.407 e. The summed E-state index contributed by atoms with van der Waals surface area (Å²) in [6.07, 6.45) is 4.70. The lowest BCUT2D eigenvalue weighted by molar-refractivity contribution is 0.118. The standard InChI is InChI=1S/C24H30N2O4/c1-29-22-12-11-19(16-23(22)30-21-9-5-6-10-21)25-13-14-26(24(27)28)20(17-25)15-18-7-3-2-4-8-18/h2-4,7-8,11-12,16,20-21H,5-6,9-10,13-15,17H2,1H3,(H,27,28)/t20-/m0/s1. The molecular formula is C24H30N2O4. The fourth-order valence-electron chi connectivity index (χ4n) is 4.54. The molecule has 1 atom stereocenters. The summed E-state index contributed by atoms with van der Waals surface area (Å²) in [5.74, 6) is 1.53. The van der Waals surface area contributed by atoms with Crippen molar-refractivity contribution in [3.63, 3.8) is 0 Å². The molecule has 1 saturated carbocycles. The van der Waals surface area contributed by atoms with Gasteiger partial charge in [0, 0.05) is 31.4 Å². The normalized spacial score (nSPS) is 19.7. The number of piperazine rings is 1. The second-order valence-electron chi connectivity index (χ2n) is 8.13. The molecule has 0 bridgehead atoms. The van der Waals surface area contributed by atoms with E-state index in [1.807, 2.05) is 36.4 Å². The first-order valence-electron chi connectivity index (χ1n) is 10.8. The van der Waals surface area contributed by atoms with Crippen LogP contribution in [0.5, 0.6) is 11.5 Å². The maximum absolute atomic E-state index is 11.8. The van der Waals surface area contributed by atoms with E-state index in [2.05, 4.69) is 17.0 Å². The molecule has 0 unspecified atom stereocenters. The van der Waals surface area contributed by atoms with Crippen molar-refractivity contribution in [2.45, 2.75) is 44.2 Å². The third kappa shape index (κ3) is 4.64. The Bertz CT molecular complexity index is 852. The number of amides is 1. The first-order valence-corrected chi connectivity index (χ1v) is 10.8. The molecule has 160 valence electrons. The van der Waals surface area contributed by atoms with Crippen LogP contribution in [0.25, 0.3) is 0 Å². The minimum absolute atomic E-state index is 0.0973. The van der Waals surface area contributed by atoms with Crippen molar-refractivity contribution in [3.05, 3.63) is 54.1 Å². The summed E-state index contributed by atoms with van der Waals surface area (Å²) >= 11 is 0. The van der Waals surface area contributed by atoms with E-state index in [4.69, 9.17) is 9.47 Å². The highest BCUT2D eigenvalue weighted by Crippen LogP contribution is 2.35. The minimum atomic E-state index is -0.851. The Hall–Kier alpha value is -2.89. The second-order valence-corrected chi connectivity index (χ2v) is 8.13. The number of hydrogen-bond acceptors (Lipinski definition) is 4. The van der Waals surface area contributed by atoms with Gasteiger partial charge in [-0.05, 0) is 49.8 Å². The van der Waals surface area contributed by atoms with Crippen LogP contribution in [0.2, 0.25) is 0 Å². The number of rotatable bonds is 6. The van der Waals surface area contributed by atoms with Crippen LogP contribution in [-0.4, -0.2) is 55.0 Å². The average Bonchev–Trinajstić information content (AvgIpc) is 3.27. The number of hydrogen-bond donors (Lipinski definition) is 1. The maximum Gasteiger partial charge on any atom is 0.407 e. The molecule has 1 aliphatic carbocycles. The van der Waals surface area contributed by atoms with Gasteiger partial charge in [0.1, 0.15) is 0 Å². The van der Waals surface area contributed by atoms with Gasteiger partial charge < -0.3 is 24.4 Å². The van der Waals surface area contributed by atoms with Gasteiger partial charge in [0.05, 0.1) is 19.3 Å². The molecule has 2 aromatic carbocycles. The van der Waals surface area contributed by atoms with Gasteiger partial charge in [-0.2, -0.15) is 0 Å². The largest absolute Gasteiger partial charge is 0.493 e. The molecule has 1 saturated heterocycles. The van der Waals surface area contributed by atoms with Crippen molar-refractivity contribution in [3.8, 4) is 11.5 Å². The molecule has 6 nitrogen and oxygen atoms in total. The fraction of sp³-hybridized carbons (Fsp3) is 0.458. The average molecular weight is 411 g/mol. The third-order valence-electron chi connectivity index (χ3n) is 6.15. The Kier molecular flexibility index (Phi) is 6.31. The van der Waals surface area contributed by atoms with E-state index in [-0.39, 0.29) is 12.1 Å². The molecular weight excluding hydrogens is 380 g/mol. The summed E-state index contributed by atoms with van der Waals surface area (Å²) in [5.41, 5.74) is 2.20. The third-order valence-corrected chi connectivity index (χ3v) is 6.15. The maximum atomic E-state index is 11.8. The zero-order valence-electron chi connectivity index (χ0n) is 17.5. The first kappa shape index (κ1) is 20.4. The van der Waals surface area contributed by atoms with Crippen molar-refractivity contribution in [2.24, 2.45) is 0 Å². The van der Waals surface area contributed by atoms with Crippen LogP contribution in [0.15, 0.2) is 48.5 Å². The predicted molar refractivity (Wildman–Crippen MR) is 117 cm³/mol. The Morgan fingerprint density at radius 2 is 1.83 bits per heavy atom. The molecule has 2 fully saturated rings. The number of benzene rings is 2. The summed E-state index contributed by atoms with van der Waals surface area (Å²) in [4.78, 5) is 15.6. The van der Waals surface area contributed by atoms with Gasteiger partial charge in [-0.15, -0.1) is 0 Å². The molecule has 0 spiro atoms. The molecule has 4 rings (SSSR count). The Morgan fingerprint density at radius 3 is 2.53 bits per heavy atom. The van der Waals surface area contributed by atoms with E-state index in [9.17, 15) is 9.90 Å². The van der Waals surface area contributed by atoms with Gasteiger partial charge in [-0.1, -0.05) is 30.3 Å². The highest BCUT2D eigenvalue weighted by Gasteiger charge is 2.31. The number of nitrogens with zero attached hydrogens (tertiary/aromatic N) is 2. The van der Waals surface area contributed by atoms with Crippen LogP contribution in [0.4, 0.5) is 10.5 Å². The summed E-state index contributed by atoms with van der Waals surface area (Å²) in [6, 6.07) is 16.0. The van der Waals surface area contributed by atoms with Crippen LogP contribution in [-0.2, 0) is 6.42 Å². The number of anilines is 1. The quantitative estimate of drug-likeness (QED) is 0.763.